The molecule has 11 heteroatoms. The fourth-order valence-electron chi connectivity index (χ4n) is 4.97. The summed E-state index contributed by atoms with van der Waals surface area (Å²) in [6.07, 6.45) is 1.23. The zero-order valence-electron chi connectivity index (χ0n) is 21.9. The number of pyridine rings is 1. The van der Waals surface area contributed by atoms with E-state index in [1.165, 1.54) is 22.9 Å². The SMILES string of the molecule is CON(C)Cc1ccc(-n2cc(C(=O)O)c(=O)c3cc(F)c(N4CCN(c5ccc(F)cc5)CC4)c(Cl)c32)cc1. The molecule has 1 aliphatic heterocycles. The van der Waals surface area contributed by atoms with Crippen molar-refractivity contribution < 1.29 is 23.5 Å². The van der Waals surface area contributed by atoms with E-state index in [1.807, 2.05) is 12.1 Å². The predicted molar refractivity (Wildman–Crippen MR) is 151 cm³/mol. The van der Waals surface area contributed by atoms with Crippen molar-refractivity contribution in [2.75, 3.05) is 50.1 Å². The van der Waals surface area contributed by atoms with E-state index in [-0.39, 0.29) is 27.4 Å². The predicted octanol–water partition coefficient (Wildman–Crippen LogP) is 4.94. The molecule has 1 saturated heterocycles. The Hall–Kier alpha value is -3.99. The van der Waals surface area contributed by atoms with Crippen molar-refractivity contribution in [1.82, 2.24) is 9.63 Å². The molecule has 0 amide bonds. The smallest absolute Gasteiger partial charge is 0.341 e. The van der Waals surface area contributed by atoms with E-state index in [0.717, 1.165) is 17.3 Å². The quantitative estimate of drug-likeness (QED) is 0.316. The van der Waals surface area contributed by atoms with Gasteiger partial charge < -0.3 is 24.3 Å². The van der Waals surface area contributed by atoms with Crippen LogP contribution in [0.15, 0.2) is 65.6 Å². The highest BCUT2D eigenvalue weighted by Gasteiger charge is 2.27. The molecular formula is C29H27ClF2N4O4. The molecule has 8 nitrogen and oxygen atoms in total. The minimum Gasteiger partial charge on any atom is -0.477 e. The third kappa shape index (κ3) is 5.25. The Kier molecular flexibility index (Phi) is 7.75. The molecule has 1 N–H and O–H groups in total. The van der Waals surface area contributed by atoms with E-state index in [9.17, 15) is 19.1 Å². The van der Waals surface area contributed by atoms with Gasteiger partial charge >= 0.3 is 5.97 Å². The number of hydroxylamine groups is 2. The molecule has 0 radical (unpaired) electrons. The van der Waals surface area contributed by atoms with Crippen LogP contribution >= 0.6 is 11.6 Å². The Balaban J connectivity index is 1.57. The third-order valence-electron chi connectivity index (χ3n) is 7.11. The first-order chi connectivity index (χ1) is 19.2. The highest BCUT2D eigenvalue weighted by molar-refractivity contribution is 6.38. The maximum absolute atomic E-state index is 15.6. The maximum Gasteiger partial charge on any atom is 0.341 e. The first kappa shape index (κ1) is 27.6. The van der Waals surface area contributed by atoms with Gasteiger partial charge in [-0.2, -0.15) is 5.06 Å². The van der Waals surface area contributed by atoms with Gasteiger partial charge in [-0.15, -0.1) is 0 Å². The summed E-state index contributed by atoms with van der Waals surface area (Å²) in [6, 6.07) is 14.5. The monoisotopic (exact) mass is 568 g/mol. The van der Waals surface area contributed by atoms with E-state index in [2.05, 4.69) is 4.90 Å². The molecule has 5 rings (SSSR count). The number of benzene rings is 3. The number of aromatic carboxylic acids is 1. The van der Waals surface area contributed by atoms with Crippen LogP contribution in [0.4, 0.5) is 20.2 Å². The zero-order chi connectivity index (χ0) is 28.6. The fourth-order valence-corrected chi connectivity index (χ4v) is 5.38. The third-order valence-corrected chi connectivity index (χ3v) is 7.46. The Morgan fingerprint density at radius 3 is 2.20 bits per heavy atom. The topological polar surface area (TPSA) is 78.2 Å². The maximum atomic E-state index is 15.6. The van der Waals surface area contributed by atoms with Crippen LogP contribution in [0.5, 0.6) is 0 Å². The van der Waals surface area contributed by atoms with Gasteiger partial charge in [0.15, 0.2) is 0 Å². The van der Waals surface area contributed by atoms with Crippen LogP contribution < -0.4 is 15.2 Å². The molecule has 208 valence electrons. The van der Waals surface area contributed by atoms with Crippen molar-refractivity contribution >= 4 is 39.8 Å². The van der Waals surface area contributed by atoms with Crippen LogP contribution in [0, 0.1) is 11.6 Å². The zero-order valence-corrected chi connectivity index (χ0v) is 22.7. The lowest BCUT2D eigenvalue weighted by Crippen LogP contribution is -2.47. The fraction of sp³-hybridized carbons (Fsp3) is 0.241. The summed E-state index contributed by atoms with van der Waals surface area (Å²) in [6.45, 7) is 2.46. The second-order valence-corrected chi connectivity index (χ2v) is 9.93. The summed E-state index contributed by atoms with van der Waals surface area (Å²) in [5, 5.41) is 11.2. The summed E-state index contributed by atoms with van der Waals surface area (Å²) in [4.78, 5) is 34.1. The van der Waals surface area contributed by atoms with Crippen LogP contribution in [0.3, 0.4) is 0 Å². The summed E-state index contributed by atoms with van der Waals surface area (Å²) in [5.41, 5.74) is 1.41. The number of carboxylic acids is 1. The number of anilines is 2. The molecule has 1 fully saturated rings. The average molecular weight is 569 g/mol. The molecule has 2 heterocycles. The molecule has 1 aromatic heterocycles. The lowest BCUT2D eigenvalue weighted by atomic mass is 10.1. The number of nitrogens with zero attached hydrogens (tertiary/aromatic N) is 4. The molecule has 40 heavy (non-hydrogen) atoms. The first-order valence-corrected chi connectivity index (χ1v) is 13.0. The normalized spacial score (nSPS) is 13.8. The molecule has 0 aliphatic carbocycles. The van der Waals surface area contributed by atoms with Crippen LogP contribution in [0.2, 0.25) is 5.02 Å². The van der Waals surface area contributed by atoms with E-state index >= 15 is 4.39 Å². The number of carboxylic acid groups (broad SMARTS) is 1. The number of piperazine rings is 1. The van der Waals surface area contributed by atoms with Gasteiger partial charge in [0.05, 0.1) is 28.7 Å². The molecule has 4 aromatic rings. The minimum absolute atomic E-state index is 0.0162. The molecule has 0 bridgehead atoms. The van der Waals surface area contributed by atoms with Gasteiger partial charge in [0.2, 0.25) is 5.43 Å². The Labute approximate surface area is 234 Å². The van der Waals surface area contributed by atoms with E-state index in [4.69, 9.17) is 16.4 Å². The van der Waals surface area contributed by atoms with E-state index in [0.29, 0.717) is 38.4 Å². The van der Waals surface area contributed by atoms with Crippen LogP contribution in [0.1, 0.15) is 15.9 Å². The van der Waals surface area contributed by atoms with Gasteiger partial charge in [-0.1, -0.05) is 23.7 Å². The lowest BCUT2D eigenvalue weighted by molar-refractivity contribution is -0.116. The average Bonchev–Trinajstić information content (AvgIpc) is 2.94. The highest BCUT2D eigenvalue weighted by Crippen LogP contribution is 2.37. The lowest BCUT2D eigenvalue weighted by Gasteiger charge is -2.38. The number of aromatic nitrogens is 1. The van der Waals surface area contributed by atoms with Crippen molar-refractivity contribution in [3.8, 4) is 5.69 Å². The molecule has 0 unspecified atom stereocenters. The number of hydrogen-bond acceptors (Lipinski definition) is 6. The van der Waals surface area contributed by atoms with Crippen LogP contribution in [-0.4, -0.2) is 61.0 Å². The summed E-state index contributed by atoms with van der Waals surface area (Å²) in [7, 11) is 3.35. The van der Waals surface area contributed by atoms with Crippen LogP contribution in [0.25, 0.3) is 16.6 Å². The Morgan fingerprint density at radius 1 is 1.00 bits per heavy atom. The second-order valence-electron chi connectivity index (χ2n) is 9.55. The highest BCUT2D eigenvalue weighted by atomic mass is 35.5. The van der Waals surface area contributed by atoms with E-state index in [1.54, 1.807) is 48.4 Å². The molecule has 0 saturated carbocycles. The Bertz CT molecular complexity index is 1620. The van der Waals surface area contributed by atoms with Gasteiger partial charge in [-0.05, 0) is 48.0 Å². The van der Waals surface area contributed by atoms with Crippen molar-refractivity contribution in [3.63, 3.8) is 0 Å². The van der Waals surface area contributed by atoms with Crippen molar-refractivity contribution in [2.45, 2.75) is 6.54 Å². The van der Waals surface area contributed by atoms with Gasteiger partial charge in [0.1, 0.15) is 17.2 Å². The minimum atomic E-state index is -1.42. The molecule has 3 aromatic carbocycles. The van der Waals surface area contributed by atoms with Crippen molar-refractivity contribution in [1.29, 1.82) is 0 Å². The Morgan fingerprint density at radius 2 is 1.60 bits per heavy atom. The number of halogens is 3. The van der Waals surface area contributed by atoms with Gasteiger partial charge in [-0.25, -0.2) is 13.6 Å². The molecule has 0 atom stereocenters. The second kappa shape index (κ2) is 11.2. The number of hydrogen-bond donors (Lipinski definition) is 1. The van der Waals surface area contributed by atoms with Gasteiger partial charge in [-0.3, -0.25) is 4.79 Å². The van der Waals surface area contributed by atoms with Crippen LogP contribution in [-0.2, 0) is 11.4 Å². The summed E-state index contributed by atoms with van der Waals surface area (Å²) < 4.78 is 30.5. The first-order valence-electron chi connectivity index (χ1n) is 12.6. The number of fused-ring (bicyclic) bond motifs is 1. The summed E-state index contributed by atoms with van der Waals surface area (Å²) in [5.74, 6) is -2.45. The molecule has 0 spiro atoms. The van der Waals surface area contributed by atoms with Crippen molar-refractivity contribution in [2.24, 2.45) is 0 Å². The van der Waals surface area contributed by atoms with Crippen molar-refractivity contribution in [3.05, 3.63) is 98.8 Å². The van der Waals surface area contributed by atoms with Gasteiger partial charge in [0, 0.05) is 57.3 Å². The standard InChI is InChI=1S/C29H27ClF2N4O4/c1-33(40-2)16-18-3-7-21(8-4-18)36-17-23(29(38)39)28(37)22-15-24(32)27(25(30)26(22)36)35-13-11-34(12-14-35)20-9-5-19(31)6-10-20/h3-10,15,17H,11-14,16H2,1-2H3,(H,38,39). The molecular weight excluding hydrogens is 542 g/mol. The largest absolute Gasteiger partial charge is 0.477 e. The summed E-state index contributed by atoms with van der Waals surface area (Å²) >= 11 is 6.86. The van der Waals surface area contributed by atoms with Gasteiger partial charge in [0.25, 0.3) is 0 Å². The number of carbonyl (C=O) groups is 1. The number of rotatable bonds is 7. The molecule has 1 aliphatic rings. The van der Waals surface area contributed by atoms with E-state index < -0.39 is 22.8 Å².